The Morgan fingerprint density at radius 2 is 1.86 bits per heavy atom. The SMILES string of the molecule is O=C(NNC(=O)C1CC(c2ccccc2)NN1)c1cccs1. The number of nitrogens with one attached hydrogen (secondary N) is 4. The molecule has 0 spiro atoms. The number of carbonyl (C=O) groups is 2. The van der Waals surface area contributed by atoms with Gasteiger partial charge < -0.3 is 0 Å². The Bertz CT molecular complexity index is 645. The average Bonchev–Trinajstić information content (AvgIpc) is 3.24. The van der Waals surface area contributed by atoms with Gasteiger partial charge in [-0.25, -0.2) is 10.9 Å². The molecule has 0 radical (unpaired) electrons. The maximum Gasteiger partial charge on any atom is 0.279 e. The number of benzene rings is 1. The van der Waals surface area contributed by atoms with Crippen molar-refractivity contribution in [1.82, 2.24) is 21.7 Å². The lowest BCUT2D eigenvalue weighted by atomic mass is 10.0. The van der Waals surface area contributed by atoms with E-state index in [1.54, 1.807) is 12.1 Å². The summed E-state index contributed by atoms with van der Waals surface area (Å²) in [5.74, 6) is -0.579. The van der Waals surface area contributed by atoms with Crippen molar-refractivity contribution in [3.63, 3.8) is 0 Å². The van der Waals surface area contributed by atoms with Crippen LogP contribution in [-0.4, -0.2) is 17.9 Å². The lowest BCUT2D eigenvalue weighted by Crippen LogP contribution is -2.50. The lowest BCUT2D eigenvalue weighted by molar-refractivity contribution is -0.123. The van der Waals surface area contributed by atoms with Crippen LogP contribution in [0.3, 0.4) is 0 Å². The van der Waals surface area contributed by atoms with E-state index in [9.17, 15) is 9.59 Å². The minimum absolute atomic E-state index is 0.0740. The third-order valence-electron chi connectivity index (χ3n) is 3.47. The highest BCUT2D eigenvalue weighted by Gasteiger charge is 2.30. The van der Waals surface area contributed by atoms with Gasteiger partial charge in [-0.3, -0.25) is 20.4 Å². The number of hydrogen-bond acceptors (Lipinski definition) is 5. The topological polar surface area (TPSA) is 82.3 Å². The van der Waals surface area contributed by atoms with Gasteiger partial charge in [0.25, 0.3) is 11.8 Å². The lowest BCUT2D eigenvalue weighted by Gasteiger charge is -2.11. The first kappa shape index (κ1) is 14.7. The molecule has 1 aliphatic heterocycles. The molecule has 1 aromatic carbocycles. The fourth-order valence-electron chi connectivity index (χ4n) is 2.31. The van der Waals surface area contributed by atoms with Crippen LogP contribution in [0.1, 0.15) is 27.7 Å². The molecule has 1 aromatic heterocycles. The number of thiophene rings is 1. The first-order valence-electron chi connectivity index (χ1n) is 6.94. The molecule has 4 N–H and O–H groups in total. The Morgan fingerprint density at radius 3 is 2.59 bits per heavy atom. The standard InChI is InChI=1S/C15H16N4O2S/c20-14(18-19-15(21)13-7-4-8-22-13)12-9-11(16-17-12)10-5-2-1-3-6-10/h1-8,11-12,16-17H,9H2,(H,18,20)(H,19,21). The van der Waals surface area contributed by atoms with E-state index in [-0.39, 0.29) is 17.9 Å². The van der Waals surface area contributed by atoms with E-state index in [0.717, 1.165) is 5.56 Å². The number of hydrogen-bond donors (Lipinski definition) is 4. The monoisotopic (exact) mass is 316 g/mol. The van der Waals surface area contributed by atoms with Gasteiger partial charge in [0.1, 0.15) is 6.04 Å². The molecule has 2 aromatic rings. The van der Waals surface area contributed by atoms with Gasteiger partial charge in [0.15, 0.2) is 0 Å². The Balaban J connectivity index is 1.50. The number of amides is 2. The van der Waals surface area contributed by atoms with E-state index in [4.69, 9.17) is 0 Å². The smallest absolute Gasteiger partial charge is 0.271 e. The summed E-state index contributed by atoms with van der Waals surface area (Å²) in [6.45, 7) is 0. The molecule has 2 atom stereocenters. The van der Waals surface area contributed by atoms with Gasteiger partial charge in [0.05, 0.1) is 4.88 Å². The number of carbonyl (C=O) groups excluding carboxylic acids is 2. The summed E-state index contributed by atoms with van der Waals surface area (Å²) < 4.78 is 0. The molecule has 0 aliphatic carbocycles. The van der Waals surface area contributed by atoms with Crippen LogP contribution in [0, 0.1) is 0 Å². The summed E-state index contributed by atoms with van der Waals surface area (Å²) >= 11 is 1.32. The first-order valence-corrected chi connectivity index (χ1v) is 7.81. The molecule has 2 heterocycles. The molecule has 1 saturated heterocycles. The van der Waals surface area contributed by atoms with Crippen LogP contribution in [0.15, 0.2) is 47.8 Å². The van der Waals surface area contributed by atoms with Crippen molar-refractivity contribution in [3.8, 4) is 0 Å². The van der Waals surface area contributed by atoms with Gasteiger partial charge in [0.2, 0.25) is 0 Å². The maximum atomic E-state index is 12.1. The largest absolute Gasteiger partial charge is 0.279 e. The van der Waals surface area contributed by atoms with Crippen molar-refractivity contribution >= 4 is 23.2 Å². The summed E-state index contributed by atoms with van der Waals surface area (Å²) in [5.41, 5.74) is 12.0. The highest BCUT2D eigenvalue weighted by atomic mass is 32.1. The number of rotatable bonds is 3. The van der Waals surface area contributed by atoms with Crippen LogP contribution < -0.4 is 21.7 Å². The summed E-state index contributed by atoms with van der Waals surface area (Å²) in [6.07, 6.45) is 0.616. The normalized spacial score (nSPS) is 20.5. The molecule has 2 amide bonds. The van der Waals surface area contributed by atoms with E-state index in [1.807, 2.05) is 35.7 Å². The summed E-state index contributed by atoms with van der Waals surface area (Å²) in [5, 5.41) is 1.81. The maximum absolute atomic E-state index is 12.1. The molecule has 114 valence electrons. The summed E-state index contributed by atoms with van der Waals surface area (Å²) in [4.78, 5) is 24.4. The van der Waals surface area contributed by atoms with Gasteiger partial charge >= 0.3 is 0 Å². The minimum atomic E-state index is -0.395. The van der Waals surface area contributed by atoms with E-state index in [2.05, 4.69) is 21.7 Å². The fraction of sp³-hybridized carbons (Fsp3) is 0.200. The second kappa shape index (κ2) is 6.69. The van der Waals surface area contributed by atoms with Gasteiger partial charge in [-0.1, -0.05) is 36.4 Å². The molecule has 0 saturated carbocycles. The Labute approximate surface area is 131 Å². The second-order valence-electron chi connectivity index (χ2n) is 4.96. The quantitative estimate of drug-likeness (QED) is 0.640. The van der Waals surface area contributed by atoms with Crippen molar-refractivity contribution in [1.29, 1.82) is 0 Å². The third kappa shape index (κ3) is 3.33. The second-order valence-corrected chi connectivity index (χ2v) is 5.91. The minimum Gasteiger partial charge on any atom is -0.271 e. The highest BCUT2D eigenvalue weighted by molar-refractivity contribution is 7.12. The number of hydrazine groups is 2. The molecule has 0 bridgehead atoms. The van der Waals surface area contributed by atoms with Crippen LogP contribution in [0.5, 0.6) is 0 Å². The van der Waals surface area contributed by atoms with Crippen LogP contribution in [0.4, 0.5) is 0 Å². The molecule has 1 fully saturated rings. The molecule has 3 rings (SSSR count). The van der Waals surface area contributed by atoms with Crippen molar-refractivity contribution in [3.05, 3.63) is 58.3 Å². The Kier molecular flexibility index (Phi) is 4.47. The molecular weight excluding hydrogens is 300 g/mol. The van der Waals surface area contributed by atoms with Crippen molar-refractivity contribution in [2.24, 2.45) is 0 Å². The zero-order valence-electron chi connectivity index (χ0n) is 11.7. The van der Waals surface area contributed by atoms with Crippen LogP contribution >= 0.6 is 11.3 Å². The van der Waals surface area contributed by atoms with Gasteiger partial charge in [0, 0.05) is 6.04 Å². The molecular formula is C15H16N4O2S. The zero-order valence-corrected chi connectivity index (χ0v) is 12.5. The van der Waals surface area contributed by atoms with Crippen molar-refractivity contribution < 1.29 is 9.59 Å². The Morgan fingerprint density at radius 1 is 1.05 bits per heavy atom. The van der Waals surface area contributed by atoms with E-state index >= 15 is 0 Å². The predicted octanol–water partition coefficient (Wildman–Crippen LogP) is 1.12. The molecule has 1 aliphatic rings. The van der Waals surface area contributed by atoms with Crippen LogP contribution in [-0.2, 0) is 4.79 Å². The van der Waals surface area contributed by atoms with Gasteiger partial charge in [-0.2, -0.15) is 0 Å². The Hall–Kier alpha value is -2.22. The van der Waals surface area contributed by atoms with E-state index in [0.29, 0.717) is 11.3 Å². The van der Waals surface area contributed by atoms with Crippen molar-refractivity contribution in [2.75, 3.05) is 0 Å². The van der Waals surface area contributed by atoms with Gasteiger partial charge in [-0.15, -0.1) is 11.3 Å². The fourth-order valence-corrected chi connectivity index (χ4v) is 2.93. The van der Waals surface area contributed by atoms with Crippen LogP contribution in [0.25, 0.3) is 0 Å². The third-order valence-corrected chi connectivity index (χ3v) is 4.33. The summed E-state index contributed by atoms with van der Waals surface area (Å²) in [6, 6.07) is 13.1. The zero-order chi connectivity index (χ0) is 15.4. The molecule has 22 heavy (non-hydrogen) atoms. The van der Waals surface area contributed by atoms with Crippen molar-refractivity contribution in [2.45, 2.75) is 18.5 Å². The average molecular weight is 316 g/mol. The van der Waals surface area contributed by atoms with Crippen LogP contribution in [0.2, 0.25) is 0 Å². The predicted molar refractivity (Wildman–Crippen MR) is 83.8 cm³/mol. The van der Waals surface area contributed by atoms with Gasteiger partial charge in [-0.05, 0) is 23.4 Å². The molecule has 2 unspecified atom stereocenters. The highest BCUT2D eigenvalue weighted by Crippen LogP contribution is 2.21. The molecule has 6 nitrogen and oxygen atoms in total. The van der Waals surface area contributed by atoms with E-state index in [1.165, 1.54) is 11.3 Å². The summed E-state index contributed by atoms with van der Waals surface area (Å²) in [7, 11) is 0. The van der Waals surface area contributed by atoms with E-state index < -0.39 is 6.04 Å². The first-order chi connectivity index (χ1) is 10.7. The molecule has 7 heteroatoms.